The topological polar surface area (TPSA) is 198 Å². The lowest BCUT2D eigenvalue weighted by atomic mass is 9.92. The second kappa shape index (κ2) is 21.4. The fraction of sp³-hybridized carbons (Fsp3) is 0.316. The number of carbonyl (C=O) groups is 4. The standard InChI is InChI=1S/C38H42N2O12/c1-5-17-27(41)33(37(45)47-3)29-19-13-9-7-11-15-22-32-40-26(24-50-32)36(44)52-30(34(38(46)48-4)28(42)18-6-2)20-14-10-8-12-16-21-31-39-25(23-49-31)35(43)51-29/h5-18,21-24,27-30,33-34,41-42H,19-20H2,1-4H3/b11-7+,12-8+,13-9-,14-10-,17-5+,18-6+,21-16+,22-15+/t27-,28-,29-,30-,33-,34-/m0/s1. The van der Waals surface area contributed by atoms with Crippen LogP contribution in [0.25, 0.3) is 12.2 Å². The number of aromatic nitrogens is 2. The number of hydrogen-bond acceptors (Lipinski definition) is 14. The van der Waals surface area contributed by atoms with Crippen LogP contribution in [0, 0.1) is 11.8 Å². The molecule has 2 N–H and O–H groups in total. The van der Waals surface area contributed by atoms with Crippen LogP contribution in [0.15, 0.2) is 106 Å². The molecule has 1 aliphatic rings. The molecular weight excluding hydrogens is 676 g/mol. The Labute approximate surface area is 300 Å². The average molecular weight is 719 g/mol. The van der Waals surface area contributed by atoms with Gasteiger partial charge in [0.15, 0.2) is 11.4 Å². The molecule has 4 bridgehead atoms. The number of hydrogen-bond donors (Lipinski definition) is 2. The smallest absolute Gasteiger partial charge is 0.360 e. The first kappa shape index (κ1) is 40.6. The van der Waals surface area contributed by atoms with Gasteiger partial charge in [0.2, 0.25) is 11.8 Å². The minimum absolute atomic E-state index is 0.0197. The molecule has 14 heteroatoms. The van der Waals surface area contributed by atoms with E-state index in [4.69, 9.17) is 27.8 Å². The van der Waals surface area contributed by atoms with Gasteiger partial charge in [0.05, 0.1) is 26.4 Å². The van der Waals surface area contributed by atoms with Gasteiger partial charge >= 0.3 is 23.9 Å². The number of cyclic esters (lactones) is 2. The molecule has 14 nitrogen and oxygen atoms in total. The van der Waals surface area contributed by atoms with Gasteiger partial charge in [0.25, 0.3) is 0 Å². The highest BCUT2D eigenvalue weighted by Gasteiger charge is 2.38. The summed E-state index contributed by atoms with van der Waals surface area (Å²) in [6, 6.07) is 0. The van der Waals surface area contributed by atoms with Crippen LogP contribution in [0.2, 0.25) is 0 Å². The van der Waals surface area contributed by atoms with Gasteiger partial charge in [-0.15, -0.1) is 0 Å². The molecule has 0 spiro atoms. The Bertz CT molecular complexity index is 1610. The van der Waals surface area contributed by atoms with Gasteiger partial charge in [-0.1, -0.05) is 85.1 Å². The van der Waals surface area contributed by atoms with Crippen LogP contribution in [0.5, 0.6) is 0 Å². The van der Waals surface area contributed by atoms with E-state index in [2.05, 4.69) is 9.97 Å². The number of fused-ring (bicyclic) bond motifs is 4. The van der Waals surface area contributed by atoms with Crippen LogP contribution in [-0.4, -0.2) is 82.7 Å². The molecule has 0 amide bonds. The molecule has 276 valence electrons. The Hall–Kier alpha value is -5.86. The summed E-state index contributed by atoms with van der Waals surface area (Å²) < 4.78 is 31.9. The SMILES string of the molecule is C/C=C/[C@H](O)[C@H](C(=O)OC)[C@@H]1C\C=C/C=C/C=C/c2nc(co2)C(=O)O[C@H]([C@@H](C(=O)OC)[C@@H](O)/C=C/C)C\C=C/C=C/C=C/c2nc(co2)C(=O)O1. The van der Waals surface area contributed by atoms with Gasteiger partial charge in [-0.05, 0) is 13.8 Å². The van der Waals surface area contributed by atoms with E-state index in [0.717, 1.165) is 12.5 Å². The van der Waals surface area contributed by atoms with Gasteiger partial charge in [-0.25, -0.2) is 19.6 Å². The van der Waals surface area contributed by atoms with Crippen molar-refractivity contribution in [1.82, 2.24) is 9.97 Å². The van der Waals surface area contributed by atoms with Gasteiger partial charge in [-0.3, -0.25) is 9.59 Å². The Balaban J connectivity index is 1.96. The van der Waals surface area contributed by atoms with E-state index in [-0.39, 0.29) is 36.0 Å². The third-order valence-corrected chi connectivity index (χ3v) is 7.40. The van der Waals surface area contributed by atoms with Crippen molar-refractivity contribution in [2.24, 2.45) is 11.8 Å². The number of allylic oxidation sites excluding steroid dienone is 10. The highest BCUT2D eigenvalue weighted by atomic mass is 16.6. The van der Waals surface area contributed by atoms with Crippen molar-refractivity contribution in [3.63, 3.8) is 0 Å². The fourth-order valence-electron chi connectivity index (χ4n) is 4.89. The zero-order chi connectivity index (χ0) is 37.9. The molecule has 0 unspecified atom stereocenters. The van der Waals surface area contributed by atoms with E-state index >= 15 is 0 Å². The average Bonchev–Trinajstić information content (AvgIpc) is 3.81. The molecule has 52 heavy (non-hydrogen) atoms. The second-order valence-corrected chi connectivity index (χ2v) is 11.0. The van der Waals surface area contributed by atoms with Crippen LogP contribution in [0.1, 0.15) is 59.4 Å². The number of nitrogens with zero attached hydrogens (tertiary/aromatic N) is 2. The molecule has 3 heterocycles. The summed E-state index contributed by atoms with van der Waals surface area (Å²) in [4.78, 5) is 59.9. The number of aliphatic hydroxyl groups excluding tert-OH is 2. The summed E-state index contributed by atoms with van der Waals surface area (Å²) in [6.07, 6.45) is 22.4. The van der Waals surface area contributed by atoms with Gasteiger partial charge in [0.1, 0.15) is 36.6 Å². The lowest BCUT2D eigenvalue weighted by Gasteiger charge is -2.26. The Morgan fingerprint density at radius 2 is 1.08 bits per heavy atom. The molecule has 0 aliphatic carbocycles. The quantitative estimate of drug-likeness (QED) is 0.212. The lowest BCUT2D eigenvalue weighted by molar-refractivity contribution is -0.155. The summed E-state index contributed by atoms with van der Waals surface area (Å²) in [5.74, 6) is -5.66. The lowest BCUT2D eigenvalue weighted by Crippen LogP contribution is -2.40. The highest BCUT2D eigenvalue weighted by Crippen LogP contribution is 2.23. The Morgan fingerprint density at radius 3 is 1.44 bits per heavy atom. The molecule has 1 aliphatic heterocycles. The number of ether oxygens (including phenoxy) is 4. The summed E-state index contributed by atoms with van der Waals surface area (Å²) in [7, 11) is 2.34. The molecule has 3 rings (SSSR count). The Kier molecular flexibility index (Phi) is 16.7. The van der Waals surface area contributed by atoms with Crippen molar-refractivity contribution >= 4 is 36.0 Å². The van der Waals surface area contributed by atoms with Crippen molar-refractivity contribution < 1.29 is 57.2 Å². The Morgan fingerprint density at radius 1 is 0.692 bits per heavy atom. The maximum Gasteiger partial charge on any atom is 0.360 e. The number of oxazole rings is 2. The van der Waals surface area contributed by atoms with Crippen molar-refractivity contribution in [3.05, 3.63) is 121 Å². The molecule has 2 aromatic rings. The predicted molar refractivity (Wildman–Crippen MR) is 188 cm³/mol. The van der Waals surface area contributed by atoms with Gasteiger partial charge in [-0.2, -0.15) is 0 Å². The summed E-state index contributed by atoms with van der Waals surface area (Å²) in [5, 5.41) is 21.4. The summed E-state index contributed by atoms with van der Waals surface area (Å²) in [6.45, 7) is 3.34. The molecule has 0 saturated carbocycles. The van der Waals surface area contributed by atoms with Crippen LogP contribution < -0.4 is 0 Å². The first-order valence-electron chi connectivity index (χ1n) is 16.2. The van der Waals surface area contributed by atoms with Crippen LogP contribution in [-0.2, 0) is 28.5 Å². The van der Waals surface area contributed by atoms with Crippen molar-refractivity contribution in [2.75, 3.05) is 14.2 Å². The second-order valence-electron chi connectivity index (χ2n) is 11.0. The summed E-state index contributed by atoms with van der Waals surface area (Å²) in [5.41, 5.74) is -0.327. The minimum atomic E-state index is -1.31. The van der Waals surface area contributed by atoms with Crippen molar-refractivity contribution in [3.8, 4) is 0 Å². The van der Waals surface area contributed by atoms with Gasteiger partial charge < -0.3 is 38.0 Å². The first-order valence-corrected chi connectivity index (χ1v) is 16.2. The number of aliphatic hydroxyl groups is 2. The number of rotatable bonds is 8. The highest BCUT2D eigenvalue weighted by molar-refractivity contribution is 5.88. The molecule has 2 aromatic heterocycles. The zero-order valence-electron chi connectivity index (χ0n) is 29.1. The maximum absolute atomic E-state index is 13.1. The molecule has 0 radical (unpaired) electrons. The van der Waals surface area contributed by atoms with E-state index in [0.29, 0.717) is 0 Å². The molecule has 0 aromatic carbocycles. The molecule has 0 saturated heterocycles. The van der Waals surface area contributed by atoms with Crippen LogP contribution in [0.4, 0.5) is 0 Å². The third-order valence-electron chi connectivity index (χ3n) is 7.40. The van der Waals surface area contributed by atoms with Crippen LogP contribution >= 0.6 is 0 Å². The predicted octanol–water partition coefficient (Wildman–Crippen LogP) is 4.91. The molecular formula is C38H42N2O12. The van der Waals surface area contributed by atoms with E-state index in [1.54, 1.807) is 86.8 Å². The summed E-state index contributed by atoms with van der Waals surface area (Å²) >= 11 is 0. The zero-order valence-corrected chi connectivity index (χ0v) is 29.1. The third kappa shape index (κ3) is 12.2. The van der Waals surface area contributed by atoms with E-state index in [1.165, 1.54) is 38.5 Å². The van der Waals surface area contributed by atoms with Crippen LogP contribution in [0.3, 0.4) is 0 Å². The number of methoxy groups -OCH3 is 2. The van der Waals surface area contributed by atoms with E-state index in [9.17, 15) is 29.4 Å². The van der Waals surface area contributed by atoms with E-state index in [1.807, 2.05) is 0 Å². The van der Waals surface area contributed by atoms with Gasteiger partial charge in [0, 0.05) is 25.0 Å². The minimum Gasteiger partial charge on any atom is -0.469 e. The normalized spacial score (nSPS) is 23.7. The first-order chi connectivity index (χ1) is 25.1. The largest absolute Gasteiger partial charge is 0.469 e. The fourth-order valence-corrected chi connectivity index (χ4v) is 4.89. The monoisotopic (exact) mass is 718 g/mol. The number of carbonyl (C=O) groups excluding carboxylic acids is 4. The van der Waals surface area contributed by atoms with Crippen molar-refractivity contribution in [2.45, 2.75) is 51.1 Å². The van der Waals surface area contributed by atoms with Crippen molar-refractivity contribution in [1.29, 1.82) is 0 Å². The van der Waals surface area contributed by atoms with E-state index < -0.39 is 60.1 Å². The molecule has 6 atom stereocenters. The number of esters is 4. The maximum atomic E-state index is 13.1. The molecule has 0 fully saturated rings.